The van der Waals surface area contributed by atoms with Crippen molar-refractivity contribution in [3.05, 3.63) is 66.2 Å². The van der Waals surface area contributed by atoms with Gasteiger partial charge in [0, 0.05) is 31.7 Å². The molecule has 2 aromatic heterocycles. The molecule has 1 fully saturated rings. The van der Waals surface area contributed by atoms with Gasteiger partial charge in [-0.2, -0.15) is 0 Å². The summed E-state index contributed by atoms with van der Waals surface area (Å²) in [7, 11) is 1.80. The maximum atomic E-state index is 5.70. The molecular formula is C22H28IN5O. The summed E-state index contributed by atoms with van der Waals surface area (Å²) < 4.78 is 5.70. The molecule has 0 aliphatic carbocycles. The third-order valence-electron chi connectivity index (χ3n) is 5.33. The molecule has 4 rings (SSSR count). The Morgan fingerprint density at radius 1 is 1.14 bits per heavy atom. The largest absolute Gasteiger partial charge is 0.468 e. The molecule has 29 heavy (non-hydrogen) atoms. The van der Waals surface area contributed by atoms with E-state index in [2.05, 4.69) is 43.7 Å². The number of nitrogens with one attached hydrogen (secondary N) is 2. The molecule has 1 aliphatic rings. The van der Waals surface area contributed by atoms with E-state index in [4.69, 9.17) is 4.42 Å². The molecule has 1 aliphatic heterocycles. The van der Waals surface area contributed by atoms with Crippen LogP contribution in [-0.4, -0.2) is 42.5 Å². The number of hydrogen-bond acceptors (Lipinski definition) is 4. The van der Waals surface area contributed by atoms with Gasteiger partial charge in [0.15, 0.2) is 5.96 Å². The molecule has 3 heterocycles. The standard InChI is InChI=1S/C22H27N5O.HI/c1-23-22(25-15-17-10-11-24-19-8-3-2-7-18(17)19)26-16-20(21-9-6-14-28-21)27-12-4-5-13-27;/h2-3,6-11,14,20H,4-5,12-13,15-16H2,1H3,(H2,23,25,26);1H. The molecule has 2 N–H and O–H groups in total. The topological polar surface area (TPSA) is 65.7 Å². The molecule has 154 valence electrons. The molecule has 0 spiro atoms. The summed E-state index contributed by atoms with van der Waals surface area (Å²) in [5.41, 5.74) is 2.22. The Bertz CT molecular complexity index is 917. The molecule has 0 radical (unpaired) electrons. The van der Waals surface area contributed by atoms with E-state index < -0.39 is 0 Å². The number of fused-ring (bicyclic) bond motifs is 1. The Labute approximate surface area is 188 Å². The molecule has 0 bridgehead atoms. The molecular weight excluding hydrogens is 477 g/mol. The van der Waals surface area contributed by atoms with Crippen LogP contribution in [0.5, 0.6) is 0 Å². The van der Waals surface area contributed by atoms with Gasteiger partial charge >= 0.3 is 0 Å². The van der Waals surface area contributed by atoms with Crippen molar-refractivity contribution in [2.24, 2.45) is 4.99 Å². The fourth-order valence-corrected chi connectivity index (χ4v) is 3.85. The number of halogens is 1. The fraction of sp³-hybridized carbons (Fsp3) is 0.364. The minimum atomic E-state index is 0. The molecule has 6 nitrogen and oxygen atoms in total. The summed E-state index contributed by atoms with van der Waals surface area (Å²) in [6, 6.07) is 14.5. The maximum Gasteiger partial charge on any atom is 0.191 e. The van der Waals surface area contributed by atoms with Crippen LogP contribution in [0.1, 0.15) is 30.2 Å². The minimum absolute atomic E-state index is 0. The summed E-state index contributed by atoms with van der Waals surface area (Å²) in [4.78, 5) is 11.3. The maximum absolute atomic E-state index is 5.70. The van der Waals surface area contributed by atoms with E-state index in [1.165, 1.54) is 23.8 Å². The minimum Gasteiger partial charge on any atom is -0.468 e. The van der Waals surface area contributed by atoms with Gasteiger partial charge in [-0.25, -0.2) is 0 Å². The van der Waals surface area contributed by atoms with Crippen LogP contribution in [-0.2, 0) is 6.54 Å². The van der Waals surface area contributed by atoms with Crippen molar-refractivity contribution in [2.45, 2.75) is 25.4 Å². The van der Waals surface area contributed by atoms with Crippen molar-refractivity contribution in [3.63, 3.8) is 0 Å². The molecule has 3 aromatic rings. The van der Waals surface area contributed by atoms with E-state index in [1.54, 1.807) is 13.3 Å². The monoisotopic (exact) mass is 505 g/mol. The number of para-hydroxylation sites is 1. The molecule has 0 amide bonds. The number of pyridine rings is 1. The highest BCUT2D eigenvalue weighted by atomic mass is 127. The lowest BCUT2D eigenvalue weighted by atomic mass is 10.1. The molecule has 1 saturated heterocycles. The first-order valence-corrected chi connectivity index (χ1v) is 9.90. The number of aromatic nitrogens is 1. The highest BCUT2D eigenvalue weighted by molar-refractivity contribution is 14.0. The summed E-state index contributed by atoms with van der Waals surface area (Å²) in [6.07, 6.45) is 6.11. The number of guanidine groups is 1. The zero-order valence-corrected chi connectivity index (χ0v) is 19.0. The van der Waals surface area contributed by atoms with Crippen molar-refractivity contribution < 1.29 is 4.42 Å². The predicted molar refractivity (Wildman–Crippen MR) is 128 cm³/mol. The average Bonchev–Trinajstić information content (AvgIpc) is 3.45. The van der Waals surface area contributed by atoms with Crippen LogP contribution in [0.3, 0.4) is 0 Å². The van der Waals surface area contributed by atoms with Crippen molar-refractivity contribution in [1.29, 1.82) is 0 Å². The van der Waals surface area contributed by atoms with Gasteiger partial charge in [0.25, 0.3) is 0 Å². The second-order valence-electron chi connectivity index (χ2n) is 7.07. The van der Waals surface area contributed by atoms with Crippen LogP contribution in [0.15, 0.2) is 64.3 Å². The van der Waals surface area contributed by atoms with Crippen molar-refractivity contribution in [1.82, 2.24) is 20.5 Å². The lowest BCUT2D eigenvalue weighted by Gasteiger charge is -2.26. The summed E-state index contributed by atoms with van der Waals surface area (Å²) in [6.45, 7) is 3.67. The number of nitrogens with zero attached hydrogens (tertiary/aromatic N) is 3. The van der Waals surface area contributed by atoms with Crippen LogP contribution in [0.2, 0.25) is 0 Å². The number of hydrogen-bond donors (Lipinski definition) is 2. The lowest BCUT2D eigenvalue weighted by molar-refractivity contribution is 0.215. The summed E-state index contributed by atoms with van der Waals surface area (Å²) in [5, 5.41) is 8.07. The van der Waals surface area contributed by atoms with Crippen LogP contribution >= 0.6 is 24.0 Å². The zero-order chi connectivity index (χ0) is 19.2. The summed E-state index contributed by atoms with van der Waals surface area (Å²) in [5.74, 6) is 1.79. The smallest absolute Gasteiger partial charge is 0.191 e. The Balaban J connectivity index is 0.00000240. The zero-order valence-electron chi connectivity index (χ0n) is 16.7. The van der Waals surface area contributed by atoms with E-state index in [0.29, 0.717) is 6.54 Å². The SMILES string of the molecule is CN=C(NCc1ccnc2ccccc12)NCC(c1ccco1)N1CCCC1.I. The van der Waals surface area contributed by atoms with E-state index in [-0.39, 0.29) is 30.0 Å². The van der Waals surface area contributed by atoms with Crippen LogP contribution in [0.25, 0.3) is 10.9 Å². The second-order valence-corrected chi connectivity index (χ2v) is 7.07. The van der Waals surface area contributed by atoms with Gasteiger partial charge in [-0.05, 0) is 55.8 Å². The van der Waals surface area contributed by atoms with Crippen LogP contribution in [0, 0.1) is 0 Å². The van der Waals surface area contributed by atoms with Crippen LogP contribution < -0.4 is 10.6 Å². The van der Waals surface area contributed by atoms with Crippen molar-refractivity contribution in [3.8, 4) is 0 Å². The van der Waals surface area contributed by atoms with Crippen molar-refractivity contribution >= 4 is 40.8 Å². The van der Waals surface area contributed by atoms with Gasteiger partial charge in [0.05, 0.1) is 17.8 Å². The van der Waals surface area contributed by atoms with Gasteiger partial charge in [0.2, 0.25) is 0 Å². The molecule has 7 heteroatoms. The Morgan fingerprint density at radius 3 is 2.72 bits per heavy atom. The van der Waals surface area contributed by atoms with E-state index in [1.807, 2.05) is 30.5 Å². The number of furan rings is 1. The van der Waals surface area contributed by atoms with Gasteiger partial charge in [-0.3, -0.25) is 14.9 Å². The number of aliphatic imine (C=N–C) groups is 1. The van der Waals surface area contributed by atoms with Crippen molar-refractivity contribution in [2.75, 3.05) is 26.7 Å². The Hall–Kier alpha value is -2.13. The normalized spacial score (nSPS) is 15.8. The first-order valence-electron chi connectivity index (χ1n) is 9.90. The van der Waals surface area contributed by atoms with Gasteiger partial charge in [0.1, 0.15) is 5.76 Å². The third kappa shape index (κ3) is 5.27. The van der Waals surface area contributed by atoms with E-state index in [0.717, 1.165) is 36.9 Å². The van der Waals surface area contributed by atoms with E-state index in [9.17, 15) is 0 Å². The third-order valence-corrected chi connectivity index (χ3v) is 5.33. The second kappa shape index (κ2) is 10.6. The predicted octanol–water partition coefficient (Wildman–Crippen LogP) is 3.95. The molecule has 1 unspecified atom stereocenters. The molecule has 1 aromatic carbocycles. The Morgan fingerprint density at radius 2 is 1.97 bits per heavy atom. The lowest BCUT2D eigenvalue weighted by Crippen LogP contribution is -2.42. The van der Waals surface area contributed by atoms with Gasteiger partial charge in [-0.15, -0.1) is 24.0 Å². The number of rotatable bonds is 6. The first kappa shape index (κ1) is 21.6. The fourth-order valence-electron chi connectivity index (χ4n) is 3.85. The Kier molecular flexibility index (Phi) is 7.88. The highest BCUT2D eigenvalue weighted by Crippen LogP contribution is 2.24. The first-order chi connectivity index (χ1) is 13.8. The molecule has 1 atom stereocenters. The van der Waals surface area contributed by atoms with Gasteiger partial charge in [-0.1, -0.05) is 18.2 Å². The highest BCUT2D eigenvalue weighted by Gasteiger charge is 2.25. The number of likely N-dealkylation sites (tertiary alicyclic amines) is 1. The quantitative estimate of drug-likeness (QED) is 0.302. The van der Waals surface area contributed by atoms with Gasteiger partial charge < -0.3 is 15.1 Å². The summed E-state index contributed by atoms with van der Waals surface area (Å²) >= 11 is 0. The van der Waals surface area contributed by atoms with E-state index >= 15 is 0 Å². The average molecular weight is 505 g/mol. The van der Waals surface area contributed by atoms with Crippen LogP contribution in [0.4, 0.5) is 0 Å². The number of benzene rings is 1. The molecule has 0 saturated carbocycles.